The Hall–Kier alpha value is -0.213. The lowest BCUT2D eigenvalue weighted by Crippen LogP contribution is -2.23. The van der Waals surface area contributed by atoms with Crippen molar-refractivity contribution in [2.45, 2.75) is 13.1 Å². The van der Waals surface area contributed by atoms with E-state index < -0.39 is 8.32 Å². The molecular weight excluding hydrogens is 104 g/mol. The summed E-state index contributed by atoms with van der Waals surface area (Å²) in [5, 5.41) is 0. The smallest absolute Gasteiger partial charge is 0.245 e. The molecule has 0 saturated carbocycles. The van der Waals surface area contributed by atoms with Crippen LogP contribution in [0.3, 0.4) is 0 Å². The van der Waals surface area contributed by atoms with Gasteiger partial charge in [-0.25, -0.2) is 4.43 Å². The Kier molecular flexibility index (Phi) is 2.12. The van der Waals surface area contributed by atoms with Crippen molar-refractivity contribution >= 4 is 8.32 Å². The van der Waals surface area contributed by atoms with E-state index in [0.29, 0.717) is 0 Å². The first-order valence-corrected chi connectivity index (χ1v) is 5.18. The zero-order valence-electron chi connectivity index (χ0n) is 4.90. The van der Waals surface area contributed by atoms with Crippen molar-refractivity contribution in [2.24, 2.45) is 0 Å². The predicted molar refractivity (Wildman–Crippen MR) is 34.1 cm³/mol. The van der Waals surface area contributed by atoms with Gasteiger partial charge in [-0.1, -0.05) is 5.70 Å². The van der Waals surface area contributed by atoms with Gasteiger partial charge in [-0.05, 0) is 13.1 Å². The molecule has 0 fully saturated rings. The molecule has 0 aliphatic rings. The number of hydrogen-bond donors (Lipinski definition) is 0. The van der Waals surface area contributed by atoms with E-state index in [-0.39, 0.29) is 0 Å². The van der Waals surface area contributed by atoms with Crippen LogP contribution in [0.5, 0.6) is 0 Å². The summed E-state index contributed by atoms with van der Waals surface area (Å²) < 4.78 is 4.86. The van der Waals surface area contributed by atoms with Crippen LogP contribution in [0, 0.1) is 7.11 Å². The average Bonchev–Trinajstić information content (AvgIpc) is 1.68. The van der Waals surface area contributed by atoms with Gasteiger partial charge in [0.1, 0.15) is 0 Å². The summed E-state index contributed by atoms with van der Waals surface area (Å²) in [6.07, 6.45) is 0. The summed E-state index contributed by atoms with van der Waals surface area (Å²) in [7, 11) is 1.82. The maximum absolute atomic E-state index is 4.86. The Morgan fingerprint density at radius 2 is 2.14 bits per heavy atom. The second-order valence-electron chi connectivity index (χ2n) is 1.95. The normalized spacial score (nSPS) is 11.1. The molecule has 7 heavy (non-hydrogen) atoms. The number of hydrogen-bond acceptors (Lipinski definition) is 1. The lowest BCUT2D eigenvalue weighted by molar-refractivity contribution is 0.476. The van der Waals surface area contributed by atoms with Gasteiger partial charge in [0.15, 0.2) is 7.11 Å². The standard InChI is InChI=1S/C5H11OSi/c1-5-7(3,4)6-2/h5H,1-2H2,3-4H3/q+1. The predicted octanol–water partition coefficient (Wildman–Crippen LogP) is 1.72. The lowest BCUT2D eigenvalue weighted by atomic mass is 11.3. The minimum absolute atomic E-state index is 1.50. The van der Waals surface area contributed by atoms with Crippen molar-refractivity contribution in [3.8, 4) is 0 Å². The summed E-state index contributed by atoms with van der Waals surface area (Å²) in [6.45, 7) is 7.67. The molecule has 0 aliphatic heterocycles. The lowest BCUT2D eigenvalue weighted by Gasteiger charge is -2.04. The second-order valence-corrected chi connectivity index (χ2v) is 5.86. The van der Waals surface area contributed by atoms with E-state index in [1.165, 1.54) is 0 Å². The van der Waals surface area contributed by atoms with E-state index >= 15 is 0 Å². The summed E-state index contributed by atoms with van der Waals surface area (Å²) in [6, 6.07) is 0. The quantitative estimate of drug-likeness (QED) is 0.393. The molecule has 0 spiro atoms. The van der Waals surface area contributed by atoms with Crippen LogP contribution in [-0.2, 0) is 4.43 Å². The van der Waals surface area contributed by atoms with Crippen LogP contribution in [-0.4, -0.2) is 8.32 Å². The fourth-order valence-corrected chi connectivity index (χ4v) is 0.177. The van der Waals surface area contributed by atoms with Crippen molar-refractivity contribution in [3.63, 3.8) is 0 Å². The fraction of sp³-hybridized carbons (Fsp3) is 0.400. The molecule has 0 heterocycles. The molecule has 0 radical (unpaired) electrons. The molecule has 40 valence electrons. The average molecular weight is 115 g/mol. The molecule has 0 saturated heterocycles. The monoisotopic (exact) mass is 115 g/mol. The second kappa shape index (κ2) is 2.19. The summed E-state index contributed by atoms with van der Waals surface area (Å²) in [4.78, 5) is 0. The molecular formula is C5H11OSi+. The van der Waals surface area contributed by atoms with Gasteiger partial charge in [-0.3, -0.25) is 0 Å². The van der Waals surface area contributed by atoms with Crippen LogP contribution >= 0.6 is 0 Å². The van der Waals surface area contributed by atoms with Crippen molar-refractivity contribution in [2.75, 3.05) is 0 Å². The summed E-state index contributed by atoms with van der Waals surface area (Å²) in [5.41, 5.74) is 1.85. The van der Waals surface area contributed by atoms with E-state index in [0.717, 1.165) is 0 Å². The van der Waals surface area contributed by atoms with E-state index in [2.05, 4.69) is 13.7 Å². The zero-order chi connectivity index (χ0) is 5.91. The Morgan fingerprint density at radius 3 is 2.14 bits per heavy atom. The molecule has 0 atom stereocenters. The molecule has 0 aromatic rings. The van der Waals surface area contributed by atoms with Crippen LogP contribution in [0.25, 0.3) is 0 Å². The molecule has 0 rings (SSSR count). The van der Waals surface area contributed by atoms with Gasteiger partial charge >= 0.3 is 0 Å². The van der Waals surface area contributed by atoms with E-state index in [9.17, 15) is 0 Å². The Labute approximate surface area is 46.1 Å². The van der Waals surface area contributed by atoms with Crippen molar-refractivity contribution in [1.82, 2.24) is 0 Å². The van der Waals surface area contributed by atoms with Crippen molar-refractivity contribution in [3.05, 3.63) is 19.4 Å². The first-order chi connectivity index (χ1) is 3.12. The summed E-state index contributed by atoms with van der Waals surface area (Å²) >= 11 is 0. The highest BCUT2D eigenvalue weighted by atomic mass is 28.4. The third-order valence-corrected chi connectivity index (χ3v) is 2.59. The Morgan fingerprint density at radius 1 is 1.71 bits per heavy atom. The van der Waals surface area contributed by atoms with Gasteiger partial charge in [-0.15, -0.1) is 6.58 Å². The van der Waals surface area contributed by atoms with Gasteiger partial charge in [0.2, 0.25) is 0 Å². The summed E-state index contributed by atoms with van der Waals surface area (Å²) in [5.74, 6) is 0. The van der Waals surface area contributed by atoms with Crippen LogP contribution in [0.1, 0.15) is 0 Å². The van der Waals surface area contributed by atoms with Gasteiger partial charge in [0.25, 0.3) is 8.32 Å². The molecule has 0 aromatic carbocycles. The van der Waals surface area contributed by atoms with Crippen LogP contribution in [0.4, 0.5) is 0 Å². The first-order valence-electron chi connectivity index (χ1n) is 2.19. The molecule has 0 amide bonds. The van der Waals surface area contributed by atoms with Gasteiger partial charge in [0.05, 0.1) is 0 Å². The molecule has 0 bridgehead atoms. The minimum atomic E-state index is -1.50. The zero-order valence-corrected chi connectivity index (χ0v) is 5.90. The van der Waals surface area contributed by atoms with Crippen LogP contribution in [0.15, 0.2) is 12.3 Å². The van der Waals surface area contributed by atoms with Crippen LogP contribution < -0.4 is 0 Å². The third kappa shape index (κ3) is 2.48. The van der Waals surface area contributed by atoms with Crippen molar-refractivity contribution < 1.29 is 4.43 Å². The Bertz CT molecular complexity index is 68.5. The molecule has 0 unspecified atom stereocenters. The molecule has 2 heteroatoms. The largest absolute Gasteiger partial charge is 0.278 e. The Balaban J connectivity index is 3.58. The first kappa shape index (κ1) is 6.79. The van der Waals surface area contributed by atoms with Crippen molar-refractivity contribution in [1.29, 1.82) is 0 Å². The highest BCUT2D eigenvalue weighted by Crippen LogP contribution is 2.01. The maximum Gasteiger partial charge on any atom is 0.278 e. The third-order valence-electron chi connectivity index (χ3n) is 0.864. The van der Waals surface area contributed by atoms with Crippen LogP contribution in [0.2, 0.25) is 13.1 Å². The van der Waals surface area contributed by atoms with E-state index in [1.807, 2.05) is 18.8 Å². The number of rotatable bonds is 2. The van der Waals surface area contributed by atoms with Gasteiger partial charge in [-0.2, -0.15) is 0 Å². The molecule has 0 aromatic heterocycles. The van der Waals surface area contributed by atoms with E-state index in [1.54, 1.807) is 0 Å². The van der Waals surface area contributed by atoms with Gasteiger partial charge < -0.3 is 0 Å². The SMILES string of the molecule is C=C[Si](C)(C)O[CH2+]. The highest BCUT2D eigenvalue weighted by Gasteiger charge is 2.19. The molecule has 0 N–H and O–H groups in total. The highest BCUT2D eigenvalue weighted by molar-refractivity contribution is 6.76. The topological polar surface area (TPSA) is 9.23 Å². The van der Waals surface area contributed by atoms with E-state index in [4.69, 9.17) is 4.43 Å². The van der Waals surface area contributed by atoms with Gasteiger partial charge in [0, 0.05) is 0 Å². The molecule has 1 nitrogen and oxygen atoms in total. The fourth-order valence-electron chi connectivity index (χ4n) is 0.0589. The molecule has 0 aliphatic carbocycles. The minimum Gasteiger partial charge on any atom is -0.245 e. The maximum atomic E-state index is 4.86.